The Morgan fingerprint density at radius 1 is 1.12 bits per heavy atom. The van der Waals surface area contributed by atoms with Crippen molar-refractivity contribution < 1.29 is 14.3 Å². The van der Waals surface area contributed by atoms with Gasteiger partial charge in [-0.1, -0.05) is 6.07 Å². The molecular weight excluding hydrogens is 334 g/mol. The minimum absolute atomic E-state index is 0.0610. The molecule has 8 heteroatoms. The van der Waals surface area contributed by atoms with Gasteiger partial charge >= 0.3 is 0 Å². The first-order valence-corrected chi connectivity index (χ1v) is 8.77. The molecule has 1 N–H and O–H groups in total. The highest BCUT2D eigenvalue weighted by Crippen LogP contribution is 2.31. The number of aromatic nitrogens is 3. The smallest absolute Gasteiger partial charge is 0.256 e. The maximum Gasteiger partial charge on any atom is 0.256 e. The molecule has 2 aliphatic rings. The highest BCUT2D eigenvalue weighted by molar-refractivity contribution is 5.93. The molecule has 0 aromatic carbocycles. The van der Waals surface area contributed by atoms with Crippen molar-refractivity contribution in [3.05, 3.63) is 48.0 Å². The van der Waals surface area contributed by atoms with Gasteiger partial charge in [-0.2, -0.15) is 0 Å². The summed E-state index contributed by atoms with van der Waals surface area (Å²) in [4.78, 5) is 27.1. The van der Waals surface area contributed by atoms with Crippen molar-refractivity contribution in [3.8, 4) is 0 Å². The Balaban J connectivity index is 1.32. The van der Waals surface area contributed by atoms with Crippen LogP contribution >= 0.6 is 0 Å². The molecule has 0 atom stereocenters. The molecule has 2 aromatic heterocycles. The van der Waals surface area contributed by atoms with E-state index in [1.165, 1.54) is 0 Å². The number of hydrogen-bond donors (Lipinski definition) is 1. The third kappa shape index (κ3) is 3.66. The van der Waals surface area contributed by atoms with Crippen LogP contribution in [-0.4, -0.2) is 57.8 Å². The molecule has 136 valence electrons. The van der Waals surface area contributed by atoms with Crippen molar-refractivity contribution in [2.45, 2.75) is 25.2 Å². The van der Waals surface area contributed by atoms with E-state index in [4.69, 9.17) is 9.47 Å². The zero-order valence-electron chi connectivity index (χ0n) is 14.4. The van der Waals surface area contributed by atoms with Crippen LogP contribution in [-0.2, 0) is 16.0 Å². The van der Waals surface area contributed by atoms with Crippen LogP contribution in [0, 0.1) is 0 Å². The monoisotopic (exact) mass is 355 g/mol. The lowest BCUT2D eigenvalue weighted by Crippen LogP contribution is -2.47. The van der Waals surface area contributed by atoms with Crippen LogP contribution in [0.25, 0.3) is 0 Å². The minimum Gasteiger partial charge on any atom is -0.349 e. The highest BCUT2D eigenvalue weighted by atomic mass is 16.7. The van der Waals surface area contributed by atoms with Gasteiger partial charge in [0, 0.05) is 44.5 Å². The van der Waals surface area contributed by atoms with Crippen LogP contribution in [0.5, 0.6) is 0 Å². The number of nitrogens with zero attached hydrogens (tertiary/aromatic N) is 4. The molecule has 2 fully saturated rings. The first kappa shape index (κ1) is 16.9. The van der Waals surface area contributed by atoms with Gasteiger partial charge in [0.2, 0.25) is 5.95 Å². The molecule has 4 heterocycles. The molecular formula is C18H21N5O3. The normalized spacial score (nSPS) is 18.8. The Kier molecular flexibility index (Phi) is 4.77. The molecule has 0 bridgehead atoms. The molecule has 1 amide bonds. The molecule has 0 saturated carbocycles. The van der Waals surface area contributed by atoms with E-state index >= 15 is 0 Å². The molecule has 26 heavy (non-hydrogen) atoms. The lowest BCUT2D eigenvalue weighted by molar-refractivity contribution is -0.181. The predicted octanol–water partition coefficient (Wildman–Crippen LogP) is 1.46. The summed E-state index contributed by atoms with van der Waals surface area (Å²) in [6, 6.07) is 5.72. The second-order valence-electron chi connectivity index (χ2n) is 6.37. The molecule has 0 radical (unpaired) electrons. The number of amides is 1. The number of nitrogens with one attached hydrogen (secondary N) is 1. The van der Waals surface area contributed by atoms with Gasteiger partial charge < -0.3 is 19.7 Å². The second-order valence-corrected chi connectivity index (χ2v) is 6.37. The number of anilines is 1. The summed E-state index contributed by atoms with van der Waals surface area (Å²) in [5, 5.41) is 3.10. The summed E-state index contributed by atoms with van der Waals surface area (Å²) in [5.74, 6) is -0.0707. The number of ether oxygens (including phenoxy) is 2. The topological polar surface area (TPSA) is 89.5 Å². The second kappa shape index (κ2) is 7.35. The molecule has 0 unspecified atom stereocenters. The van der Waals surface area contributed by atoms with E-state index in [9.17, 15) is 4.79 Å². The van der Waals surface area contributed by atoms with Crippen LogP contribution in [0.2, 0.25) is 0 Å². The third-order valence-corrected chi connectivity index (χ3v) is 4.68. The molecule has 2 aromatic rings. The molecule has 0 aliphatic carbocycles. The lowest BCUT2D eigenvalue weighted by atomic mass is 10.0. The predicted molar refractivity (Wildman–Crippen MR) is 93.4 cm³/mol. The van der Waals surface area contributed by atoms with E-state index in [0.717, 1.165) is 5.69 Å². The largest absolute Gasteiger partial charge is 0.349 e. The maximum absolute atomic E-state index is 12.6. The van der Waals surface area contributed by atoms with Gasteiger partial charge in [-0.3, -0.25) is 9.78 Å². The summed E-state index contributed by atoms with van der Waals surface area (Å²) in [6.07, 6.45) is 6.25. The Bertz CT molecular complexity index is 737. The zero-order valence-corrected chi connectivity index (χ0v) is 14.4. The standard InChI is InChI=1S/C18H21N5O3/c24-16(23-7-4-18(5-8-23)25-9-10-26-18)14-11-20-17(21-12-14)22-13-15-3-1-2-6-19-15/h1-3,6,11-12H,4-5,7-10,13H2,(H,20,21,22). The van der Waals surface area contributed by atoms with Crippen LogP contribution in [0.1, 0.15) is 28.9 Å². The van der Waals surface area contributed by atoms with E-state index < -0.39 is 5.79 Å². The van der Waals surface area contributed by atoms with Crippen LogP contribution in [0.3, 0.4) is 0 Å². The van der Waals surface area contributed by atoms with E-state index in [1.54, 1.807) is 23.5 Å². The fraction of sp³-hybridized carbons (Fsp3) is 0.444. The number of likely N-dealkylation sites (tertiary alicyclic amines) is 1. The van der Waals surface area contributed by atoms with Gasteiger partial charge in [0.05, 0.1) is 31.0 Å². The number of pyridine rings is 1. The first-order chi connectivity index (χ1) is 12.7. The summed E-state index contributed by atoms with van der Waals surface area (Å²) in [7, 11) is 0. The number of carbonyl (C=O) groups is 1. The van der Waals surface area contributed by atoms with Gasteiger partial charge in [0.25, 0.3) is 5.91 Å². The number of carbonyl (C=O) groups excluding carboxylic acids is 1. The zero-order chi connectivity index (χ0) is 17.8. The quantitative estimate of drug-likeness (QED) is 0.888. The van der Waals surface area contributed by atoms with Crippen LogP contribution in [0.15, 0.2) is 36.8 Å². The summed E-state index contributed by atoms with van der Waals surface area (Å²) in [6.45, 7) is 3.02. The summed E-state index contributed by atoms with van der Waals surface area (Å²) < 4.78 is 11.4. The molecule has 4 rings (SSSR count). The minimum atomic E-state index is -0.480. The third-order valence-electron chi connectivity index (χ3n) is 4.68. The molecule has 2 aliphatic heterocycles. The van der Waals surface area contributed by atoms with Gasteiger partial charge in [0.1, 0.15) is 0 Å². The van der Waals surface area contributed by atoms with Crippen molar-refractivity contribution in [1.29, 1.82) is 0 Å². The molecule has 2 saturated heterocycles. The lowest BCUT2D eigenvalue weighted by Gasteiger charge is -2.37. The van der Waals surface area contributed by atoms with Crippen molar-refractivity contribution in [1.82, 2.24) is 19.9 Å². The number of rotatable bonds is 4. The molecule has 1 spiro atoms. The van der Waals surface area contributed by atoms with Crippen molar-refractivity contribution in [2.75, 3.05) is 31.6 Å². The molecule has 8 nitrogen and oxygen atoms in total. The Morgan fingerprint density at radius 3 is 2.50 bits per heavy atom. The average Bonchev–Trinajstić information content (AvgIpc) is 3.16. The fourth-order valence-corrected chi connectivity index (χ4v) is 3.22. The van der Waals surface area contributed by atoms with E-state index in [-0.39, 0.29) is 5.91 Å². The number of piperidine rings is 1. The summed E-state index contributed by atoms with van der Waals surface area (Å²) in [5.41, 5.74) is 1.38. The van der Waals surface area contributed by atoms with E-state index in [2.05, 4.69) is 20.3 Å². The maximum atomic E-state index is 12.6. The van der Waals surface area contributed by atoms with Crippen LogP contribution in [0.4, 0.5) is 5.95 Å². The SMILES string of the molecule is O=C(c1cnc(NCc2ccccn2)nc1)N1CCC2(CC1)OCCO2. The average molecular weight is 355 g/mol. The van der Waals surface area contributed by atoms with Crippen molar-refractivity contribution >= 4 is 11.9 Å². The Morgan fingerprint density at radius 2 is 1.85 bits per heavy atom. The van der Waals surface area contributed by atoms with Crippen molar-refractivity contribution in [3.63, 3.8) is 0 Å². The number of hydrogen-bond acceptors (Lipinski definition) is 7. The van der Waals surface area contributed by atoms with Crippen molar-refractivity contribution in [2.24, 2.45) is 0 Å². The van der Waals surface area contributed by atoms with Crippen LogP contribution < -0.4 is 5.32 Å². The highest BCUT2D eigenvalue weighted by Gasteiger charge is 2.40. The van der Waals surface area contributed by atoms with Gasteiger partial charge in [-0.25, -0.2) is 9.97 Å². The fourth-order valence-electron chi connectivity index (χ4n) is 3.22. The summed E-state index contributed by atoms with van der Waals surface area (Å²) >= 11 is 0. The first-order valence-electron chi connectivity index (χ1n) is 8.77. The van der Waals surface area contributed by atoms with Gasteiger partial charge in [-0.05, 0) is 12.1 Å². The van der Waals surface area contributed by atoms with Gasteiger partial charge in [0.15, 0.2) is 5.79 Å². The Labute approximate surface area is 151 Å². The Hall–Kier alpha value is -2.58. The van der Waals surface area contributed by atoms with Gasteiger partial charge in [-0.15, -0.1) is 0 Å². The van der Waals surface area contributed by atoms with E-state index in [1.807, 2.05) is 18.2 Å². The van der Waals surface area contributed by atoms with E-state index in [0.29, 0.717) is 57.2 Å².